The summed E-state index contributed by atoms with van der Waals surface area (Å²) >= 11 is 0. The molecule has 6 nitrogen and oxygen atoms in total. The third-order valence-corrected chi connectivity index (χ3v) is 8.77. The van der Waals surface area contributed by atoms with Crippen molar-refractivity contribution in [3.63, 3.8) is 0 Å². The van der Waals surface area contributed by atoms with E-state index in [4.69, 9.17) is 0 Å². The molecule has 2 aromatic carbocycles. The van der Waals surface area contributed by atoms with E-state index in [0.717, 1.165) is 58.3 Å². The van der Waals surface area contributed by atoms with Gasteiger partial charge in [0.1, 0.15) is 0 Å². The zero-order valence-electron chi connectivity index (χ0n) is 24.4. The van der Waals surface area contributed by atoms with Crippen molar-refractivity contribution >= 4 is 11.8 Å². The number of hydrogen-bond acceptors (Lipinski definition) is 4. The number of rotatable bonds is 10. The predicted octanol–water partition coefficient (Wildman–Crippen LogP) is 4.48. The van der Waals surface area contributed by atoms with Crippen LogP contribution in [0, 0.1) is 25.7 Å². The molecule has 0 aliphatic carbocycles. The Kier molecular flexibility index (Phi) is 10.6. The molecule has 2 aliphatic rings. The van der Waals surface area contributed by atoms with E-state index in [1.54, 1.807) is 0 Å². The van der Waals surface area contributed by atoms with Crippen LogP contribution in [-0.2, 0) is 9.59 Å². The van der Waals surface area contributed by atoms with Crippen LogP contribution >= 0.6 is 0 Å². The van der Waals surface area contributed by atoms with Gasteiger partial charge in [-0.15, -0.1) is 0 Å². The van der Waals surface area contributed by atoms with Crippen LogP contribution in [0.25, 0.3) is 0 Å². The van der Waals surface area contributed by atoms with Gasteiger partial charge in [-0.25, -0.2) is 0 Å². The molecule has 2 fully saturated rings. The molecule has 4 rings (SSSR count). The van der Waals surface area contributed by atoms with Gasteiger partial charge in [-0.05, 0) is 96.1 Å². The molecular weight excluding hydrogens is 484 g/mol. The van der Waals surface area contributed by atoms with Crippen LogP contribution < -0.4 is 10.6 Å². The summed E-state index contributed by atoms with van der Waals surface area (Å²) in [7, 11) is 4.21. The molecule has 212 valence electrons. The number of piperidine rings is 2. The van der Waals surface area contributed by atoms with Crippen LogP contribution in [0.5, 0.6) is 0 Å². The van der Waals surface area contributed by atoms with Crippen molar-refractivity contribution in [3.8, 4) is 0 Å². The third kappa shape index (κ3) is 8.15. The lowest BCUT2D eigenvalue weighted by atomic mass is 9.80. The molecule has 2 heterocycles. The van der Waals surface area contributed by atoms with Gasteiger partial charge >= 0.3 is 0 Å². The van der Waals surface area contributed by atoms with Crippen molar-refractivity contribution in [1.29, 1.82) is 0 Å². The molecule has 0 radical (unpaired) electrons. The smallest absolute Gasteiger partial charge is 0.225 e. The molecule has 0 saturated carbocycles. The first kappa shape index (κ1) is 29.3. The van der Waals surface area contributed by atoms with Gasteiger partial charge in [-0.1, -0.05) is 59.7 Å². The van der Waals surface area contributed by atoms with E-state index in [-0.39, 0.29) is 35.5 Å². The lowest BCUT2D eigenvalue weighted by Crippen LogP contribution is -2.45. The first-order valence-electron chi connectivity index (χ1n) is 14.9. The van der Waals surface area contributed by atoms with Crippen molar-refractivity contribution in [3.05, 3.63) is 70.8 Å². The highest BCUT2D eigenvalue weighted by Gasteiger charge is 2.35. The van der Waals surface area contributed by atoms with Crippen LogP contribution in [0.1, 0.15) is 66.2 Å². The normalized spacial score (nSPS) is 24.3. The molecule has 0 unspecified atom stereocenters. The molecule has 0 spiro atoms. The quantitative estimate of drug-likeness (QED) is 0.443. The Bertz CT molecular complexity index is 983. The van der Waals surface area contributed by atoms with Crippen molar-refractivity contribution in [2.24, 2.45) is 11.8 Å². The first-order valence-corrected chi connectivity index (χ1v) is 14.9. The summed E-state index contributed by atoms with van der Waals surface area (Å²) in [5, 5.41) is 6.42. The van der Waals surface area contributed by atoms with Gasteiger partial charge in [0.15, 0.2) is 0 Å². The fraction of sp³-hybridized carbons (Fsp3) is 0.576. The van der Waals surface area contributed by atoms with Crippen molar-refractivity contribution < 1.29 is 9.59 Å². The largest absolute Gasteiger partial charge is 0.356 e. The van der Waals surface area contributed by atoms with Crippen molar-refractivity contribution in [2.75, 3.05) is 53.4 Å². The molecule has 2 aromatic rings. The molecule has 6 heteroatoms. The highest BCUT2D eigenvalue weighted by atomic mass is 16.2. The van der Waals surface area contributed by atoms with E-state index in [9.17, 15) is 9.59 Å². The van der Waals surface area contributed by atoms with Crippen LogP contribution in [-0.4, -0.2) is 75.0 Å². The van der Waals surface area contributed by atoms with E-state index in [1.807, 2.05) is 0 Å². The van der Waals surface area contributed by atoms with Crippen LogP contribution in [0.15, 0.2) is 48.5 Å². The Labute approximate surface area is 235 Å². The number of nitrogens with zero attached hydrogens (tertiary/aromatic N) is 2. The number of amides is 2. The molecule has 4 atom stereocenters. The van der Waals surface area contributed by atoms with E-state index in [2.05, 4.69) is 96.9 Å². The van der Waals surface area contributed by atoms with Gasteiger partial charge in [0.2, 0.25) is 11.8 Å². The Hall–Kier alpha value is -2.70. The topological polar surface area (TPSA) is 64.7 Å². The molecule has 0 bridgehead atoms. The molecule has 2 aliphatic heterocycles. The Morgan fingerprint density at radius 2 is 1.05 bits per heavy atom. The fourth-order valence-corrected chi connectivity index (χ4v) is 6.30. The summed E-state index contributed by atoms with van der Waals surface area (Å²) in [4.78, 5) is 30.8. The second-order valence-electron chi connectivity index (χ2n) is 12.0. The number of benzene rings is 2. The van der Waals surface area contributed by atoms with Crippen LogP contribution in [0.3, 0.4) is 0 Å². The number of carbonyl (C=O) groups is 2. The molecular formula is C33H48N4O2. The highest BCUT2D eigenvalue weighted by molar-refractivity contribution is 5.80. The zero-order chi connectivity index (χ0) is 27.8. The fourth-order valence-electron chi connectivity index (χ4n) is 6.30. The lowest BCUT2D eigenvalue weighted by molar-refractivity contribution is -0.128. The minimum Gasteiger partial charge on any atom is -0.356 e. The number of hydrogen-bond donors (Lipinski definition) is 2. The average Bonchev–Trinajstić information content (AvgIpc) is 2.93. The lowest BCUT2D eigenvalue weighted by Gasteiger charge is -2.36. The number of carbonyl (C=O) groups excluding carboxylic acids is 2. The van der Waals surface area contributed by atoms with E-state index < -0.39 is 0 Å². The molecule has 0 aromatic heterocycles. The Morgan fingerprint density at radius 1 is 0.667 bits per heavy atom. The minimum absolute atomic E-state index is 0.0131. The number of unbranched alkanes of at least 4 members (excludes halogenated alkanes) is 2. The van der Waals surface area contributed by atoms with Gasteiger partial charge in [0.25, 0.3) is 0 Å². The summed E-state index contributed by atoms with van der Waals surface area (Å²) in [5.74, 6) is 0.869. The van der Waals surface area contributed by atoms with Crippen LogP contribution in [0.2, 0.25) is 0 Å². The standard InChI is InChI=1S/C33H48N4O2/c1-24-8-12-26(13-9-24)28-16-20-36(3)22-30(28)32(38)34-18-6-5-7-19-35-33(39)31-23-37(4)21-17-29(31)27-14-10-25(2)11-15-27/h8-15,28-31H,5-7,16-23H2,1-4H3,(H,34,38)(H,35,39)/t28-,29-,30+,31+/m1/s1. The summed E-state index contributed by atoms with van der Waals surface area (Å²) in [5.41, 5.74) is 5.05. The summed E-state index contributed by atoms with van der Waals surface area (Å²) in [6.07, 6.45) is 4.87. The number of aryl methyl sites for hydroxylation is 2. The third-order valence-electron chi connectivity index (χ3n) is 8.77. The monoisotopic (exact) mass is 532 g/mol. The van der Waals surface area contributed by atoms with Crippen molar-refractivity contribution in [1.82, 2.24) is 20.4 Å². The maximum Gasteiger partial charge on any atom is 0.225 e. The SMILES string of the molecule is Cc1ccc([C@H]2CCN(C)C[C@@H]2C(=O)NCCCCCNC(=O)[C@H]2CN(C)CC[C@@H]2c2ccc(C)cc2)cc1. The van der Waals surface area contributed by atoms with Gasteiger partial charge < -0.3 is 20.4 Å². The van der Waals surface area contributed by atoms with E-state index in [0.29, 0.717) is 13.1 Å². The second-order valence-corrected chi connectivity index (χ2v) is 12.0. The summed E-state index contributed by atoms with van der Waals surface area (Å²) < 4.78 is 0. The zero-order valence-corrected chi connectivity index (χ0v) is 24.4. The molecule has 2 amide bonds. The minimum atomic E-state index is -0.0131. The van der Waals surface area contributed by atoms with Gasteiger partial charge in [-0.3, -0.25) is 9.59 Å². The molecule has 39 heavy (non-hydrogen) atoms. The highest BCUT2D eigenvalue weighted by Crippen LogP contribution is 2.34. The van der Waals surface area contributed by atoms with Gasteiger partial charge in [0.05, 0.1) is 11.8 Å². The second kappa shape index (κ2) is 14.1. The van der Waals surface area contributed by atoms with Crippen LogP contribution in [0.4, 0.5) is 0 Å². The van der Waals surface area contributed by atoms with Crippen molar-refractivity contribution in [2.45, 2.75) is 57.8 Å². The molecule has 2 N–H and O–H groups in total. The Morgan fingerprint density at radius 3 is 1.44 bits per heavy atom. The maximum absolute atomic E-state index is 13.1. The van der Waals surface area contributed by atoms with Gasteiger partial charge in [0, 0.05) is 26.2 Å². The van der Waals surface area contributed by atoms with Gasteiger partial charge in [-0.2, -0.15) is 0 Å². The number of likely N-dealkylation sites (tertiary alicyclic amines) is 2. The summed E-state index contributed by atoms with van der Waals surface area (Å²) in [6, 6.07) is 17.4. The number of nitrogens with one attached hydrogen (secondary N) is 2. The maximum atomic E-state index is 13.1. The first-order chi connectivity index (χ1) is 18.8. The molecule has 2 saturated heterocycles. The van der Waals surface area contributed by atoms with E-state index >= 15 is 0 Å². The Balaban J connectivity index is 1.18. The average molecular weight is 533 g/mol. The predicted molar refractivity (Wildman–Crippen MR) is 159 cm³/mol. The summed E-state index contributed by atoms with van der Waals surface area (Å²) in [6.45, 7) is 9.24. The van der Waals surface area contributed by atoms with E-state index in [1.165, 1.54) is 22.3 Å².